The summed E-state index contributed by atoms with van der Waals surface area (Å²) in [5, 5.41) is 2.18. The number of carbonyl (C=O) groups excluding carboxylic acids is 2. The van der Waals surface area contributed by atoms with E-state index in [0.717, 1.165) is 12.1 Å². The lowest BCUT2D eigenvalue weighted by Crippen LogP contribution is -2.42. The molecular formula is C10H11F2N3O2. The van der Waals surface area contributed by atoms with Crippen LogP contribution in [0.15, 0.2) is 12.1 Å². The van der Waals surface area contributed by atoms with Gasteiger partial charge in [0.1, 0.15) is 23.4 Å². The van der Waals surface area contributed by atoms with Gasteiger partial charge in [-0.3, -0.25) is 9.59 Å². The van der Waals surface area contributed by atoms with E-state index in [1.54, 1.807) is 0 Å². The van der Waals surface area contributed by atoms with Gasteiger partial charge < -0.3 is 16.8 Å². The summed E-state index contributed by atoms with van der Waals surface area (Å²) < 4.78 is 26.1. The van der Waals surface area contributed by atoms with Crippen molar-refractivity contribution in [1.82, 2.24) is 5.32 Å². The number of amides is 2. The highest BCUT2D eigenvalue weighted by Gasteiger charge is 2.16. The first-order valence-electron chi connectivity index (χ1n) is 4.67. The summed E-state index contributed by atoms with van der Waals surface area (Å²) in [6, 6.07) is 0.620. The summed E-state index contributed by atoms with van der Waals surface area (Å²) in [4.78, 5) is 22.2. The molecule has 0 aliphatic rings. The Morgan fingerprint density at radius 1 is 1.29 bits per heavy atom. The maximum absolute atomic E-state index is 13.1. The van der Waals surface area contributed by atoms with Gasteiger partial charge in [0.15, 0.2) is 0 Å². The largest absolute Gasteiger partial charge is 0.394 e. The molecule has 1 rings (SSSR count). The van der Waals surface area contributed by atoms with Crippen LogP contribution in [0.2, 0.25) is 0 Å². The van der Waals surface area contributed by atoms with E-state index in [1.165, 1.54) is 6.92 Å². The average molecular weight is 243 g/mol. The number of nitrogen functional groups attached to an aromatic ring is 1. The maximum Gasteiger partial charge on any atom is 0.252 e. The lowest BCUT2D eigenvalue weighted by atomic mass is 10.1. The molecule has 7 heteroatoms. The van der Waals surface area contributed by atoms with E-state index in [2.05, 4.69) is 5.32 Å². The van der Waals surface area contributed by atoms with Crippen LogP contribution in [-0.4, -0.2) is 17.9 Å². The average Bonchev–Trinajstić information content (AvgIpc) is 2.24. The van der Waals surface area contributed by atoms with E-state index >= 15 is 0 Å². The summed E-state index contributed by atoms with van der Waals surface area (Å²) in [5.41, 5.74) is 9.03. The van der Waals surface area contributed by atoms with Crippen molar-refractivity contribution in [3.63, 3.8) is 0 Å². The van der Waals surface area contributed by atoms with Crippen molar-refractivity contribution in [2.75, 3.05) is 5.73 Å². The van der Waals surface area contributed by atoms with Crippen LogP contribution < -0.4 is 16.8 Å². The van der Waals surface area contributed by atoms with Gasteiger partial charge in [-0.2, -0.15) is 0 Å². The van der Waals surface area contributed by atoms with Gasteiger partial charge >= 0.3 is 0 Å². The van der Waals surface area contributed by atoms with Crippen LogP contribution in [0.25, 0.3) is 0 Å². The van der Waals surface area contributed by atoms with Gasteiger partial charge in [-0.1, -0.05) is 0 Å². The summed E-state index contributed by atoms with van der Waals surface area (Å²) >= 11 is 0. The molecule has 0 aromatic heterocycles. The minimum atomic E-state index is -1.04. The molecule has 1 aromatic carbocycles. The molecule has 17 heavy (non-hydrogen) atoms. The number of nitrogens with one attached hydrogen (secondary N) is 1. The predicted molar refractivity (Wildman–Crippen MR) is 56.9 cm³/mol. The molecule has 0 saturated heterocycles. The predicted octanol–water partition coefficient (Wildman–Crippen LogP) is 0.151. The molecule has 0 saturated carbocycles. The Hall–Kier alpha value is -2.18. The highest BCUT2D eigenvalue weighted by atomic mass is 19.1. The molecular weight excluding hydrogens is 232 g/mol. The molecule has 0 heterocycles. The van der Waals surface area contributed by atoms with Gasteiger partial charge in [-0.25, -0.2) is 8.78 Å². The van der Waals surface area contributed by atoms with Crippen LogP contribution in [0.5, 0.6) is 0 Å². The first kappa shape index (κ1) is 12.9. The lowest BCUT2D eigenvalue weighted by molar-refractivity contribution is -0.119. The van der Waals surface area contributed by atoms with E-state index in [4.69, 9.17) is 11.5 Å². The van der Waals surface area contributed by atoms with Gasteiger partial charge in [-0.05, 0) is 19.1 Å². The summed E-state index contributed by atoms with van der Waals surface area (Å²) in [5.74, 6) is -3.65. The molecule has 0 fully saturated rings. The Labute approximate surface area is 95.8 Å². The molecule has 0 spiro atoms. The number of hydrogen-bond donors (Lipinski definition) is 3. The van der Waals surface area contributed by atoms with Crippen LogP contribution in [0.4, 0.5) is 14.5 Å². The van der Waals surface area contributed by atoms with Crippen LogP contribution in [0.1, 0.15) is 17.3 Å². The zero-order valence-electron chi connectivity index (χ0n) is 8.96. The topological polar surface area (TPSA) is 98.2 Å². The molecule has 1 atom stereocenters. The van der Waals surface area contributed by atoms with Crippen LogP contribution in [-0.2, 0) is 4.79 Å². The number of rotatable bonds is 3. The van der Waals surface area contributed by atoms with Crippen molar-refractivity contribution in [3.05, 3.63) is 29.3 Å². The molecule has 0 aliphatic carbocycles. The molecule has 1 aromatic rings. The van der Waals surface area contributed by atoms with E-state index in [9.17, 15) is 18.4 Å². The van der Waals surface area contributed by atoms with Crippen molar-refractivity contribution < 1.29 is 18.4 Å². The van der Waals surface area contributed by atoms with Gasteiger partial charge in [0.05, 0.1) is 0 Å². The third-order valence-electron chi connectivity index (χ3n) is 2.12. The van der Waals surface area contributed by atoms with Crippen molar-refractivity contribution in [3.8, 4) is 0 Å². The molecule has 5 N–H and O–H groups in total. The second-order valence-electron chi connectivity index (χ2n) is 3.45. The highest BCUT2D eigenvalue weighted by molar-refractivity contribution is 5.97. The molecule has 0 aliphatic heterocycles. The summed E-state index contributed by atoms with van der Waals surface area (Å²) in [6.07, 6.45) is 0. The zero-order chi connectivity index (χ0) is 13.2. The van der Waals surface area contributed by atoms with Crippen molar-refractivity contribution in [1.29, 1.82) is 0 Å². The monoisotopic (exact) mass is 243 g/mol. The highest BCUT2D eigenvalue weighted by Crippen LogP contribution is 2.17. The maximum atomic E-state index is 13.1. The number of benzene rings is 1. The molecule has 1 unspecified atom stereocenters. The Kier molecular flexibility index (Phi) is 3.62. The minimum absolute atomic E-state index is 0.276. The van der Waals surface area contributed by atoms with Crippen molar-refractivity contribution in [2.24, 2.45) is 5.73 Å². The number of carbonyl (C=O) groups is 2. The van der Waals surface area contributed by atoms with E-state index < -0.39 is 35.2 Å². The fourth-order valence-corrected chi connectivity index (χ4v) is 1.07. The summed E-state index contributed by atoms with van der Waals surface area (Å²) in [6.45, 7) is 1.35. The smallest absolute Gasteiger partial charge is 0.252 e. The van der Waals surface area contributed by atoms with Crippen LogP contribution >= 0.6 is 0 Å². The Bertz CT molecular complexity index is 454. The van der Waals surface area contributed by atoms with Crippen molar-refractivity contribution in [2.45, 2.75) is 13.0 Å². The van der Waals surface area contributed by atoms with Gasteiger partial charge in [-0.15, -0.1) is 0 Å². The fourth-order valence-electron chi connectivity index (χ4n) is 1.07. The molecule has 5 nitrogen and oxygen atoms in total. The molecule has 0 bridgehead atoms. The Morgan fingerprint density at radius 3 is 2.18 bits per heavy atom. The second kappa shape index (κ2) is 4.77. The van der Waals surface area contributed by atoms with Gasteiger partial charge in [0, 0.05) is 5.56 Å². The number of primary amides is 1. The Morgan fingerprint density at radius 2 is 1.76 bits per heavy atom. The normalized spacial score (nSPS) is 11.9. The molecule has 0 radical (unpaired) electrons. The lowest BCUT2D eigenvalue weighted by Gasteiger charge is -2.10. The summed E-state index contributed by atoms with van der Waals surface area (Å²) in [7, 11) is 0. The minimum Gasteiger partial charge on any atom is -0.394 e. The van der Waals surface area contributed by atoms with Gasteiger partial charge in [0.2, 0.25) is 5.91 Å². The van der Waals surface area contributed by atoms with Gasteiger partial charge in [0.25, 0.3) is 5.91 Å². The standard InChI is InChI=1S/C10H11F2N3O2/c1-4(9(14)16)15-10(17)5-2-6(11)8(13)7(12)3-5/h2-4H,13H2,1H3,(H2,14,16)(H,15,17). The number of anilines is 1. The van der Waals surface area contributed by atoms with E-state index in [0.29, 0.717) is 0 Å². The van der Waals surface area contributed by atoms with E-state index in [1.807, 2.05) is 0 Å². The first-order valence-corrected chi connectivity index (χ1v) is 4.67. The van der Waals surface area contributed by atoms with Crippen molar-refractivity contribution >= 4 is 17.5 Å². The third kappa shape index (κ3) is 2.90. The number of hydrogen-bond acceptors (Lipinski definition) is 3. The van der Waals surface area contributed by atoms with E-state index in [-0.39, 0.29) is 5.56 Å². The SMILES string of the molecule is CC(NC(=O)c1cc(F)c(N)c(F)c1)C(N)=O. The fraction of sp³-hybridized carbons (Fsp3) is 0.200. The molecule has 92 valence electrons. The zero-order valence-corrected chi connectivity index (χ0v) is 8.96. The number of halogens is 2. The second-order valence-corrected chi connectivity index (χ2v) is 3.45. The molecule has 2 amide bonds. The van der Waals surface area contributed by atoms with Crippen LogP contribution in [0.3, 0.4) is 0 Å². The quantitative estimate of drug-likeness (QED) is 0.659. The Balaban J connectivity index is 2.94. The number of nitrogens with two attached hydrogens (primary N) is 2. The first-order chi connectivity index (χ1) is 7.82. The van der Waals surface area contributed by atoms with Crippen LogP contribution in [0, 0.1) is 11.6 Å². The third-order valence-corrected chi connectivity index (χ3v) is 2.12.